The fraction of sp³-hybridized carbons (Fsp3) is 0.200. The molecule has 4 nitrogen and oxygen atoms in total. The normalized spacial score (nSPS) is 10.7. The summed E-state index contributed by atoms with van der Waals surface area (Å²) in [6.07, 6.45) is 0. The average Bonchev–Trinajstić information content (AvgIpc) is 2.87. The lowest BCUT2D eigenvalue weighted by atomic mass is 10.1. The van der Waals surface area contributed by atoms with Crippen molar-refractivity contribution < 1.29 is 4.79 Å². The number of carbonyl (C=O) groups excluding carboxylic acids is 1. The molecule has 0 unspecified atom stereocenters. The van der Waals surface area contributed by atoms with Gasteiger partial charge in [0.05, 0.1) is 12.2 Å². The van der Waals surface area contributed by atoms with Crippen LogP contribution in [-0.4, -0.2) is 15.7 Å². The molecule has 0 saturated heterocycles. The smallest absolute Gasteiger partial charge is 0.251 e. The molecular weight excluding hydrogens is 425 g/mol. The summed E-state index contributed by atoms with van der Waals surface area (Å²) in [5.41, 5.74) is 5.01. The van der Waals surface area contributed by atoms with E-state index in [1.807, 2.05) is 54.1 Å². The predicted octanol–water partition coefficient (Wildman–Crippen LogP) is 4.08. The zero-order valence-corrected chi connectivity index (χ0v) is 16.4. The molecule has 1 heterocycles. The van der Waals surface area contributed by atoms with E-state index in [1.165, 1.54) is 5.56 Å². The first-order chi connectivity index (χ1) is 12.0. The van der Waals surface area contributed by atoms with Gasteiger partial charge in [-0.05, 0) is 60.2 Å². The van der Waals surface area contributed by atoms with E-state index in [0.717, 1.165) is 27.1 Å². The molecule has 0 aliphatic carbocycles. The van der Waals surface area contributed by atoms with Gasteiger partial charge in [-0.1, -0.05) is 36.4 Å². The summed E-state index contributed by atoms with van der Waals surface area (Å²) in [7, 11) is 0. The molecule has 128 valence electrons. The molecule has 25 heavy (non-hydrogen) atoms. The minimum absolute atomic E-state index is 0.0619. The summed E-state index contributed by atoms with van der Waals surface area (Å²) in [5, 5.41) is 7.64. The highest BCUT2D eigenvalue weighted by atomic mass is 127. The molecule has 0 atom stereocenters. The van der Waals surface area contributed by atoms with Crippen molar-refractivity contribution in [2.45, 2.75) is 26.9 Å². The van der Waals surface area contributed by atoms with Crippen molar-refractivity contribution in [1.82, 2.24) is 15.1 Å². The molecule has 5 heteroatoms. The molecule has 0 spiro atoms. The second-order valence-electron chi connectivity index (χ2n) is 5.99. The monoisotopic (exact) mass is 445 g/mol. The molecule has 0 fully saturated rings. The van der Waals surface area contributed by atoms with E-state index in [2.05, 4.69) is 52.1 Å². The SMILES string of the molecule is Cc1nn(Cc2ccccc2)c(C)c1CNC(=O)c1cccc(I)c1. The Kier molecular flexibility index (Phi) is 5.53. The van der Waals surface area contributed by atoms with E-state index in [1.54, 1.807) is 0 Å². The van der Waals surface area contributed by atoms with E-state index >= 15 is 0 Å². The van der Waals surface area contributed by atoms with Gasteiger partial charge in [0, 0.05) is 26.9 Å². The minimum atomic E-state index is -0.0619. The Bertz CT molecular complexity index is 887. The molecule has 0 radical (unpaired) electrons. The average molecular weight is 445 g/mol. The fourth-order valence-corrected chi connectivity index (χ4v) is 3.34. The van der Waals surface area contributed by atoms with Gasteiger partial charge in [0.1, 0.15) is 0 Å². The van der Waals surface area contributed by atoms with Gasteiger partial charge in [-0.15, -0.1) is 0 Å². The van der Waals surface area contributed by atoms with E-state index in [-0.39, 0.29) is 5.91 Å². The van der Waals surface area contributed by atoms with E-state index in [9.17, 15) is 4.79 Å². The minimum Gasteiger partial charge on any atom is -0.348 e. The summed E-state index contributed by atoms with van der Waals surface area (Å²) >= 11 is 2.21. The van der Waals surface area contributed by atoms with Crippen LogP contribution in [-0.2, 0) is 13.1 Å². The highest BCUT2D eigenvalue weighted by molar-refractivity contribution is 14.1. The summed E-state index contributed by atoms with van der Waals surface area (Å²) in [5.74, 6) is -0.0619. The number of hydrogen-bond donors (Lipinski definition) is 1. The van der Waals surface area contributed by atoms with Crippen molar-refractivity contribution in [1.29, 1.82) is 0 Å². The zero-order valence-electron chi connectivity index (χ0n) is 14.3. The molecule has 3 aromatic rings. The summed E-state index contributed by atoms with van der Waals surface area (Å²) in [6.45, 7) is 5.26. The number of nitrogens with one attached hydrogen (secondary N) is 1. The Morgan fingerprint density at radius 2 is 1.88 bits per heavy atom. The van der Waals surface area contributed by atoms with Crippen LogP contribution in [0.5, 0.6) is 0 Å². The number of halogens is 1. The van der Waals surface area contributed by atoms with Crippen LogP contribution in [0.15, 0.2) is 54.6 Å². The third-order valence-corrected chi connectivity index (χ3v) is 4.89. The van der Waals surface area contributed by atoms with Gasteiger partial charge in [-0.25, -0.2) is 0 Å². The van der Waals surface area contributed by atoms with Gasteiger partial charge in [-0.2, -0.15) is 5.10 Å². The van der Waals surface area contributed by atoms with E-state index in [0.29, 0.717) is 12.1 Å². The standard InChI is InChI=1S/C20H20IN3O/c1-14-19(12-22-20(25)17-9-6-10-18(21)11-17)15(2)24(23-14)13-16-7-4-3-5-8-16/h3-11H,12-13H2,1-2H3,(H,22,25). The molecule has 2 aromatic carbocycles. The molecule has 0 saturated carbocycles. The van der Waals surface area contributed by atoms with Gasteiger partial charge in [-0.3, -0.25) is 9.48 Å². The first-order valence-electron chi connectivity index (χ1n) is 8.15. The van der Waals surface area contributed by atoms with Crippen molar-refractivity contribution in [2.24, 2.45) is 0 Å². The summed E-state index contributed by atoms with van der Waals surface area (Å²) in [6, 6.07) is 17.8. The quantitative estimate of drug-likeness (QED) is 0.602. The first-order valence-corrected chi connectivity index (χ1v) is 9.23. The topological polar surface area (TPSA) is 46.9 Å². The number of amides is 1. The Morgan fingerprint density at radius 1 is 1.12 bits per heavy atom. The largest absolute Gasteiger partial charge is 0.348 e. The maximum atomic E-state index is 12.3. The van der Waals surface area contributed by atoms with Crippen LogP contribution < -0.4 is 5.32 Å². The van der Waals surface area contributed by atoms with Crippen LogP contribution >= 0.6 is 22.6 Å². The fourth-order valence-electron chi connectivity index (χ4n) is 2.80. The maximum absolute atomic E-state index is 12.3. The van der Waals surface area contributed by atoms with Crippen LogP contribution in [0, 0.1) is 17.4 Å². The van der Waals surface area contributed by atoms with Gasteiger partial charge < -0.3 is 5.32 Å². The zero-order chi connectivity index (χ0) is 17.8. The lowest BCUT2D eigenvalue weighted by molar-refractivity contribution is 0.0951. The van der Waals surface area contributed by atoms with E-state index in [4.69, 9.17) is 0 Å². The maximum Gasteiger partial charge on any atom is 0.251 e. The van der Waals surface area contributed by atoms with Crippen molar-refractivity contribution in [3.05, 3.63) is 86.2 Å². The van der Waals surface area contributed by atoms with Crippen molar-refractivity contribution in [2.75, 3.05) is 0 Å². The van der Waals surface area contributed by atoms with Gasteiger partial charge in [0.25, 0.3) is 5.91 Å². The number of aromatic nitrogens is 2. The molecular formula is C20H20IN3O. The number of rotatable bonds is 5. The number of benzene rings is 2. The van der Waals surface area contributed by atoms with Crippen LogP contribution in [0.4, 0.5) is 0 Å². The third-order valence-electron chi connectivity index (χ3n) is 4.22. The molecule has 1 N–H and O–H groups in total. The molecule has 3 rings (SSSR count). The summed E-state index contributed by atoms with van der Waals surface area (Å²) in [4.78, 5) is 12.3. The van der Waals surface area contributed by atoms with Crippen molar-refractivity contribution in [3.8, 4) is 0 Å². The second kappa shape index (κ2) is 7.82. The molecule has 0 bridgehead atoms. The Hall–Kier alpha value is -2.15. The van der Waals surface area contributed by atoms with Crippen LogP contribution in [0.3, 0.4) is 0 Å². The molecule has 0 aliphatic rings. The number of aryl methyl sites for hydroxylation is 1. The Labute approximate surface area is 161 Å². The Morgan fingerprint density at radius 3 is 2.60 bits per heavy atom. The highest BCUT2D eigenvalue weighted by Gasteiger charge is 2.13. The number of carbonyl (C=O) groups is 1. The van der Waals surface area contributed by atoms with Crippen LogP contribution in [0.25, 0.3) is 0 Å². The molecule has 1 aromatic heterocycles. The lowest BCUT2D eigenvalue weighted by Crippen LogP contribution is -2.23. The highest BCUT2D eigenvalue weighted by Crippen LogP contribution is 2.15. The first kappa shape index (κ1) is 17.7. The summed E-state index contributed by atoms with van der Waals surface area (Å²) < 4.78 is 3.05. The molecule has 0 aliphatic heterocycles. The third kappa shape index (κ3) is 4.28. The second-order valence-corrected chi connectivity index (χ2v) is 7.23. The Balaban J connectivity index is 1.72. The van der Waals surface area contributed by atoms with Gasteiger partial charge in [0.2, 0.25) is 0 Å². The lowest BCUT2D eigenvalue weighted by Gasteiger charge is -2.08. The number of nitrogens with zero attached hydrogens (tertiary/aromatic N) is 2. The molecule has 1 amide bonds. The van der Waals surface area contributed by atoms with Gasteiger partial charge >= 0.3 is 0 Å². The number of hydrogen-bond acceptors (Lipinski definition) is 2. The van der Waals surface area contributed by atoms with Crippen LogP contribution in [0.1, 0.15) is 32.9 Å². The van der Waals surface area contributed by atoms with Crippen LogP contribution in [0.2, 0.25) is 0 Å². The van der Waals surface area contributed by atoms with Gasteiger partial charge in [0.15, 0.2) is 0 Å². The predicted molar refractivity (Wildman–Crippen MR) is 108 cm³/mol. The van der Waals surface area contributed by atoms with Crippen molar-refractivity contribution in [3.63, 3.8) is 0 Å². The van der Waals surface area contributed by atoms with E-state index < -0.39 is 0 Å². The van der Waals surface area contributed by atoms with Crippen molar-refractivity contribution >= 4 is 28.5 Å².